The van der Waals surface area contributed by atoms with Crippen molar-refractivity contribution in [2.45, 2.75) is 25.7 Å². The molecule has 1 aliphatic rings. The summed E-state index contributed by atoms with van der Waals surface area (Å²) >= 11 is 0. The van der Waals surface area contributed by atoms with Crippen molar-refractivity contribution in [3.05, 3.63) is 24.3 Å². The molecule has 0 spiro atoms. The molecule has 0 aliphatic carbocycles. The lowest BCUT2D eigenvalue weighted by molar-refractivity contribution is 0.726. The van der Waals surface area contributed by atoms with Crippen molar-refractivity contribution < 1.29 is 0 Å². The number of benzene rings is 1. The summed E-state index contributed by atoms with van der Waals surface area (Å²) < 4.78 is 0. The van der Waals surface area contributed by atoms with Crippen molar-refractivity contribution in [1.82, 2.24) is 20.2 Å². The van der Waals surface area contributed by atoms with E-state index in [0.29, 0.717) is 11.8 Å². The molecule has 7 nitrogen and oxygen atoms in total. The first-order valence-electron chi connectivity index (χ1n) is 8.34. The van der Waals surface area contributed by atoms with Gasteiger partial charge in [0, 0.05) is 30.1 Å². The number of anilines is 3. The molecule has 1 aromatic carbocycles. The van der Waals surface area contributed by atoms with E-state index < -0.39 is 0 Å². The molecule has 24 heavy (non-hydrogen) atoms. The van der Waals surface area contributed by atoms with Crippen molar-refractivity contribution in [3.63, 3.8) is 0 Å². The quantitative estimate of drug-likeness (QED) is 0.668. The van der Waals surface area contributed by atoms with E-state index in [1.807, 2.05) is 24.3 Å². The average Bonchev–Trinajstić information content (AvgIpc) is 2.79. The Labute approximate surface area is 140 Å². The first-order valence-corrected chi connectivity index (χ1v) is 8.34. The van der Waals surface area contributed by atoms with Crippen LogP contribution in [0.4, 0.5) is 17.6 Å². The van der Waals surface area contributed by atoms with Gasteiger partial charge in [0.15, 0.2) is 5.82 Å². The summed E-state index contributed by atoms with van der Waals surface area (Å²) in [6.07, 6.45) is 4.95. The summed E-state index contributed by atoms with van der Waals surface area (Å²) in [5.41, 5.74) is 14.5. The van der Waals surface area contributed by atoms with Gasteiger partial charge in [0.2, 0.25) is 5.95 Å². The second-order valence-electron chi connectivity index (χ2n) is 6.24. The SMILES string of the molecule is Nc1nc(-c2ccc3c(N)n[nH]c3c2)cc(N2CCCCCC2)n1. The van der Waals surface area contributed by atoms with E-state index in [1.54, 1.807) is 0 Å². The van der Waals surface area contributed by atoms with Gasteiger partial charge in [-0.15, -0.1) is 0 Å². The summed E-state index contributed by atoms with van der Waals surface area (Å²) in [4.78, 5) is 11.2. The van der Waals surface area contributed by atoms with Crippen LogP contribution in [0.1, 0.15) is 25.7 Å². The minimum Gasteiger partial charge on any atom is -0.382 e. The van der Waals surface area contributed by atoms with Crippen LogP contribution in [-0.2, 0) is 0 Å². The number of nitrogens with two attached hydrogens (primary N) is 2. The Morgan fingerprint density at radius 3 is 2.54 bits per heavy atom. The first kappa shape index (κ1) is 14.7. The molecular weight excluding hydrogens is 302 g/mol. The molecule has 3 heterocycles. The minimum atomic E-state index is 0.302. The number of nitrogen functional groups attached to an aromatic ring is 2. The maximum atomic E-state index is 5.97. The predicted octanol–water partition coefficient (Wildman–Crippen LogP) is 2.56. The van der Waals surface area contributed by atoms with Gasteiger partial charge in [-0.05, 0) is 25.0 Å². The molecule has 124 valence electrons. The van der Waals surface area contributed by atoms with Crippen LogP contribution in [0.25, 0.3) is 22.2 Å². The molecule has 3 aromatic rings. The topological polar surface area (TPSA) is 110 Å². The largest absolute Gasteiger partial charge is 0.382 e. The van der Waals surface area contributed by atoms with Crippen molar-refractivity contribution >= 4 is 28.5 Å². The Hall–Kier alpha value is -2.83. The van der Waals surface area contributed by atoms with Crippen LogP contribution in [0.15, 0.2) is 24.3 Å². The van der Waals surface area contributed by atoms with Gasteiger partial charge in [0.25, 0.3) is 0 Å². The van der Waals surface area contributed by atoms with Crippen molar-refractivity contribution in [1.29, 1.82) is 0 Å². The van der Waals surface area contributed by atoms with Crippen molar-refractivity contribution in [2.24, 2.45) is 0 Å². The average molecular weight is 323 g/mol. The van der Waals surface area contributed by atoms with Gasteiger partial charge in [-0.1, -0.05) is 18.9 Å². The molecule has 0 bridgehead atoms. The number of fused-ring (bicyclic) bond motifs is 1. The first-order chi connectivity index (χ1) is 11.7. The molecule has 0 radical (unpaired) electrons. The Morgan fingerprint density at radius 1 is 0.958 bits per heavy atom. The third-order valence-corrected chi connectivity index (χ3v) is 4.55. The number of aromatic nitrogens is 4. The predicted molar refractivity (Wildman–Crippen MR) is 96.6 cm³/mol. The summed E-state index contributed by atoms with van der Waals surface area (Å²) in [6.45, 7) is 2.04. The standard InChI is InChI=1S/C17H21N7/c18-16-12-6-5-11(9-14(12)22-23-16)13-10-15(21-17(19)20-13)24-7-3-1-2-4-8-24/h5-6,9-10H,1-4,7-8H2,(H3,18,22,23)(H2,19,20,21). The molecular formula is C17H21N7. The Kier molecular flexibility index (Phi) is 3.68. The van der Waals surface area contributed by atoms with E-state index in [4.69, 9.17) is 11.5 Å². The molecule has 2 aromatic heterocycles. The van der Waals surface area contributed by atoms with Crippen LogP contribution >= 0.6 is 0 Å². The number of hydrogen-bond acceptors (Lipinski definition) is 6. The van der Waals surface area contributed by atoms with Crippen LogP contribution in [0.3, 0.4) is 0 Å². The van der Waals surface area contributed by atoms with E-state index in [-0.39, 0.29) is 0 Å². The molecule has 4 rings (SSSR count). The fraction of sp³-hybridized carbons (Fsp3) is 0.353. The lowest BCUT2D eigenvalue weighted by Gasteiger charge is -2.22. The maximum absolute atomic E-state index is 5.97. The smallest absolute Gasteiger partial charge is 0.222 e. The monoisotopic (exact) mass is 323 g/mol. The van der Waals surface area contributed by atoms with Crippen molar-refractivity contribution in [2.75, 3.05) is 29.5 Å². The Morgan fingerprint density at radius 2 is 1.75 bits per heavy atom. The zero-order valence-electron chi connectivity index (χ0n) is 13.5. The highest BCUT2D eigenvalue weighted by Gasteiger charge is 2.14. The zero-order valence-corrected chi connectivity index (χ0v) is 13.5. The van der Waals surface area contributed by atoms with Gasteiger partial charge >= 0.3 is 0 Å². The third-order valence-electron chi connectivity index (χ3n) is 4.55. The molecule has 0 atom stereocenters. The molecule has 1 saturated heterocycles. The van der Waals surface area contributed by atoms with Gasteiger partial charge in [0.1, 0.15) is 5.82 Å². The Bertz CT molecular complexity index is 863. The minimum absolute atomic E-state index is 0.302. The normalized spacial score (nSPS) is 15.6. The van der Waals surface area contributed by atoms with Crippen molar-refractivity contribution in [3.8, 4) is 11.3 Å². The Balaban J connectivity index is 1.73. The molecule has 0 saturated carbocycles. The third kappa shape index (κ3) is 2.73. The molecule has 1 aliphatic heterocycles. The number of aromatic amines is 1. The second kappa shape index (κ2) is 5.99. The zero-order chi connectivity index (χ0) is 16.5. The van der Waals surface area contributed by atoms with E-state index in [0.717, 1.165) is 41.1 Å². The molecule has 5 N–H and O–H groups in total. The summed E-state index contributed by atoms with van der Waals surface area (Å²) in [5, 5.41) is 7.89. The van der Waals surface area contributed by atoms with E-state index in [9.17, 15) is 0 Å². The van der Waals surface area contributed by atoms with Crippen LogP contribution in [0.5, 0.6) is 0 Å². The molecule has 1 fully saturated rings. The molecule has 0 amide bonds. The van der Waals surface area contributed by atoms with E-state index >= 15 is 0 Å². The highest BCUT2D eigenvalue weighted by Crippen LogP contribution is 2.28. The van der Waals surface area contributed by atoms with Crippen LogP contribution in [0, 0.1) is 0 Å². The van der Waals surface area contributed by atoms with Gasteiger partial charge in [-0.3, -0.25) is 5.10 Å². The number of nitrogens with zero attached hydrogens (tertiary/aromatic N) is 4. The summed E-state index contributed by atoms with van der Waals surface area (Å²) in [7, 11) is 0. The fourth-order valence-electron chi connectivity index (χ4n) is 3.26. The van der Waals surface area contributed by atoms with Crippen LogP contribution in [0.2, 0.25) is 0 Å². The summed E-state index contributed by atoms with van der Waals surface area (Å²) in [6, 6.07) is 7.95. The number of hydrogen-bond donors (Lipinski definition) is 3. The van der Waals surface area contributed by atoms with Crippen LogP contribution in [-0.4, -0.2) is 33.3 Å². The van der Waals surface area contributed by atoms with E-state index in [1.165, 1.54) is 25.7 Å². The molecule has 7 heteroatoms. The van der Waals surface area contributed by atoms with Gasteiger partial charge < -0.3 is 16.4 Å². The lowest BCUT2D eigenvalue weighted by atomic mass is 10.1. The number of H-pyrrole nitrogens is 1. The highest BCUT2D eigenvalue weighted by molar-refractivity contribution is 5.91. The lowest BCUT2D eigenvalue weighted by Crippen LogP contribution is -2.25. The highest BCUT2D eigenvalue weighted by atomic mass is 15.2. The molecule has 0 unspecified atom stereocenters. The fourth-order valence-corrected chi connectivity index (χ4v) is 3.26. The maximum Gasteiger partial charge on any atom is 0.222 e. The number of nitrogens with one attached hydrogen (secondary N) is 1. The second-order valence-corrected chi connectivity index (χ2v) is 6.24. The number of rotatable bonds is 2. The van der Waals surface area contributed by atoms with Gasteiger partial charge in [0.05, 0.1) is 11.2 Å². The van der Waals surface area contributed by atoms with Gasteiger partial charge in [-0.2, -0.15) is 10.1 Å². The van der Waals surface area contributed by atoms with Gasteiger partial charge in [-0.25, -0.2) is 4.98 Å². The van der Waals surface area contributed by atoms with Crippen LogP contribution < -0.4 is 16.4 Å². The summed E-state index contributed by atoms with van der Waals surface area (Å²) in [5.74, 6) is 1.71. The van der Waals surface area contributed by atoms with E-state index in [2.05, 4.69) is 25.1 Å².